The van der Waals surface area contributed by atoms with Gasteiger partial charge in [0.05, 0.1) is 12.2 Å². The molecule has 0 radical (unpaired) electrons. The molecule has 1 aliphatic rings. The lowest BCUT2D eigenvalue weighted by molar-refractivity contribution is 0.0487. The number of aromatic nitrogens is 2. The van der Waals surface area contributed by atoms with E-state index in [-0.39, 0.29) is 12.1 Å². The van der Waals surface area contributed by atoms with E-state index in [1.807, 2.05) is 17.9 Å². The summed E-state index contributed by atoms with van der Waals surface area (Å²) in [7, 11) is 4.11. The van der Waals surface area contributed by atoms with Gasteiger partial charge in [-0.15, -0.1) is 0 Å². The predicted octanol–water partition coefficient (Wildman–Crippen LogP) is 1.17. The first-order valence-electron chi connectivity index (χ1n) is 7.10. The van der Waals surface area contributed by atoms with Crippen LogP contribution in [0.2, 0.25) is 0 Å². The Morgan fingerprint density at radius 1 is 1.53 bits per heavy atom. The van der Waals surface area contributed by atoms with E-state index in [2.05, 4.69) is 30.2 Å². The van der Waals surface area contributed by atoms with E-state index in [0.29, 0.717) is 0 Å². The van der Waals surface area contributed by atoms with Crippen molar-refractivity contribution in [3.63, 3.8) is 0 Å². The highest BCUT2D eigenvalue weighted by Gasteiger charge is 2.25. The molecule has 5 heteroatoms. The minimum Gasteiger partial charge on any atom is -0.381 e. The standard InChI is InChI=1S/C14H26N4O/c1-11(15)14(13-8-16-18(3)10-13)17(2)9-12-4-6-19-7-5-12/h8,10-12,14H,4-7,9,15H2,1-3H3. The van der Waals surface area contributed by atoms with Gasteiger partial charge < -0.3 is 10.5 Å². The smallest absolute Gasteiger partial charge is 0.0538 e. The summed E-state index contributed by atoms with van der Waals surface area (Å²) in [5.74, 6) is 0.719. The Morgan fingerprint density at radius 2 is 2.21 bits per heavy atom. The first-order valence-corrected chi connectivity index (χ1v) is 7.10. The van der Waals surface area contributed by atoms with Crippen LogP contribution in [0.1, 0.15) is 31.4 Å². The van der Waals surface area contributed by atoms with Crippen LogP contribution in [0.15, 0.2) is 12.4 Å². The fourth-order valence-corrected chi connectivity index (χ4v) is 3.00. The quantitative estimate of drug-likeness (QED) is 0.869. The van der Waals surface area contributed by atoms with Gasteiger partial charge in [-0.1, -0.05) is 0 Å². The van der Waals surface area contributed by atoms with Gasteiger partial charge in [-0.05, 0) is 32.7 Å². The van der Waals surface area contributed by atoms with Crippen LogP contribution in [0.4, 0.5) is 0 Å². The van der Waals surface area contributed by atoms with Crippen LogP contribution in [-0.4, -0.2) is 47.5 Å². The van der Waals surface area contributed by atoms with Crippen molar-refractivity contribution < 1.29 is 4.74 Å². The Labute approximate surface area is 115 Å². The Hall–Kier alpha value is -0.910. The molecule has 0 aliphatic carbocycles. The highest BCUT2D eigenvalue weighted by molar-refractivity contribution is 5.12. The average Bonchev–Trinajstić information content (AvgIpc) is 2.76. The van der Waals surface area contributed by atoms with Crippen LogP contribution in [-0.2, 0) is 11.8 Å². The Balaban J connectivity index is 2.01. The molecule has 2 heterocycles. The molecule has 0 aromatic carbocycles. The summed E-state index contributed by atoms with van der Waals surface area (Å²) in [5, 5.41) is 4.26. The topological polar surface area (TPSA) is 56.3 Å². The lowest BCUT2D eigenvalue weighted by Gasteiger charge is -2.34. The zero-order valence-electron chi connectivity index (χ0n) is 12.2. The van der Waals surface area contributed by atoms with Crippen molar-refractivity contribution in [2.45, 2.75) is 31.8 Å². The normalized spacial score (nSPS) is 20.7. The monoisotopic (exact) mass is 266 g/mol. The lowest BCUT2D eigenvalue weighted by Crippen LogP contribution is -2.40. The molecule has 2 N–H and O–H groups in total. The SMILES string of the molecule is CC(N)C(c1cnn(C)c1)N(C)CC1CCOCC1. The van der Waals surface area contributed by atoms with Crippen LogP contribution in [0.5, 0.6) is 0 Å². The number of likely N-dealkylation sites (N-methyl/N-ethyl adjacent to an activating group) is 1. The molecule has 2 atom stereocenters. The molecule has 0 bridgehead atoms. The Kier molecular flexibility index (Phi) is 4.96. The summed E-state index contributed by atoms with van der Waals surface area (Å²) >= 11 is 0. The van der Waals surface area contributed by atoms with Crippen molar-refractivity contribution in [2.75, 3.05) is 26.8 Å². The summed E-state index contributed by atoms with van der Waals surface area (Å²) in [4.78, 5) is 2.37. The Bertz CT molecular complexity index is 385. The van der Waals surface area contributed by atoms with Crippen molar-refractivity contribution >= 4 is 0 Å². The largest absolute Gasteiger partial charge is 0.381 e. The average molecular weight is 266 g/mol. The third kappa shape index (κ3) is 3.78. The molecule has 0 saturated carbocycles. The van der Waals surface area contributed by atoms with E-state index in [9.17, 15) is 0 Å². The van der Waals surface area contributed by atoms with E-state index >= 15 is 0 Å². The summed E-state index contributed by atoms with van der Waals surface area (Å²) in [5.41, 5.74) is 7.38. The van der Waals surface area contributed by atoms with Crippen LogP contribution in [0.3, 0.4) is 0 Å². The van der Waals surface area contributed by atoms with Crippen LogP contribution in [0, 0.1) is 5.92 Å². The summed E-state index contributed by atoms with van der Waals surface area (Å²) in [6, 6.07) is 0.325. The highest BCUT2D eigenvalue weighted by Crippen LogP contribution is 2.25. The maximum atomic E-state index is 6.18. The number of rotatable bonds is 5. The van der Waals surface area contributed by atoms with Gasteiger partial charge in [-0.3, -0.25) is 9.58 Å². The molecule has 1 saturated heterocycles. The third-order valence-electron chi connectivity index (χ3n) is 3.93. The second-order valence-corrected chi connectivity index (χ2v) is 5.75. The number of hydrogen-bond acceptors (Lipinski definition) is 4. The second-order valence-electron chi connectivity index (χ2n) is 5.75. The summed E-state index contributed by atoms with van der Waals surface area (Å²) in [6.07, 6.45) is 6.30. The molecule has 1 aromatic heterocycles. The van der Waals surface area contributed by atoms with Gasteiger partial charge in [0.15, 0.2) is 0 Å². The summed E-state index contributed by atoms with van der Waals surface area (Å²) < 4.78 is 7.26. The van der Waals surface area contributed by atoms with Crippen molar-refractivity contribution in [2.24, 2.45) is 18.7 Å². The van der Waals surface area contributed by atoms with Crippen LogP contribution < -0.4 is 5.73 Å². The lowest BCUT2D eigenvalue weighted by atomic mass is 9.96. The van der Waals surface area contributed by atoms with Crippen LogP contribution >= 0.6 is 0 Å². The predicted molar refractivity (Wildman–Crippen MR) is 75.8 cm³/mol. The van der Waals surface area contributed by atoms with Crippen LogP contribution in [0.25, 0.3) is 0 Å². The van der Waals surface area contributed by atoms with E-state index in [4.69, 9.17) is 10.5 Å². The number of ether oxygens (including phenoxy) is 1. The summed E-state index contributed by atoms with van der Waals surface area (Å²) in [6.45, 7) is 4.94. The number of aryl methyl sites for hydroxylation is 1. The third-order valence-corrected chi connectivity index (χ3v) is 3.93. The zero-order valence-corrected chi connectivity index (χ0v) is 12.2. The first-order chi connectivity index (χ1) is 9.08. The van der Waals surface area contributed by atoms with Gasteiger partial charge in [0.25, 0.3) is 0 Å². The fourth-order valence-electron chi connectivity index (χ4n) is 3.00. The van der Waals surface area contributed by atoms with Gasteiger partial charge in [0, 0.05) is 44.6 Å². The molecule has 2 unspecified atom stereocenters. The van der Waals surface area contributed by atoms with Gasteiger partial charge >= 0.3 is 0 Å². The minimum absolute atomic E-state index is 0.0917. The maximum absolute atomic E-state index is 6.18. The minimum atomic E-state index is 0.0917. The highest BCUT2D eigenvalue weighted by atomic mass is 16.5. The molecule has 1 aromatic rings. The molecule has 0 amide bonds. The first kappa shape index (κ1) is 14.5. The molecule has 19 heavy (non-hydrogen) atoms. The second kappa shape index (κ2) is 6.50. The van der Waals surface area contributed by atoms with Gasteiger partial charge in [0.1, 0.15) is 0 Å². The van der Waals surface area contributed by atoms with Crippen molar-refractivity contribution in [3.8, 4) is 0 Å². The zero-order chi connectivity index (χ0) is 13.8. The van der Waals surface area contributed by atoms with Crippen molar-refractivity contribution in [1.29, 1.82) is 0 Å². The van der Waals surface area contributed by atoms with Crippen molar-refractivity contribution in [3.05, 3.63) is 18.0 Å². The Morgan fingerprint density at radius 3 is 2.74 bits per heavy atom. The fraction of sp³-hybridized carbons (Fsp3) is 0.786. The molecule has 2 rings (SSSR count). The number of nitrogens with zero attached hydrogens (tertiary/aromatic N) is 3. The van der Waals surface area contributed by atoms with Gasteiger partial charge in [-0.25, -0.2) is 0 Å². The maximum Gasteiger partial charge on any atom is 0.0538 e. The van der Waals surface area contributed by atoms with E-state index in [1.165, 1.54) is 5.56 Å². The molecule has 1 aliphatic heterocycles. The molecule has 0 spiro atoms. The number of hydrogen-bond donors (Lipinski definition) is 1. The van der Waals surface area contributed by atoms with E-state index in [1.54, 1.807) is 0 Å². The van der Waals surface area contributed by atoms with E-state index < -0.39 is 0 Å². The molecule has 5 nitrogen and oxygen atoms in total. The molecular formula is C14H26N4O. The van der Waals surface area contributed by atoms with Gasteiger partial charge in [-0.2, -0.15) is 5.10 Å². The van der Waals surface area contributed by atoms with E-state index in [0.717, 1.165) is 38.5 Å². The molecule has 108 valence electrons. The number of nitrogens with two attached hydrogens (primary N) is 1. The molecule has 1 fully saturated rings. The molecular weight excluding hydrogens is 240 g/mol. The van der Waals surface area contributed by atoms with Gasteiger partial charge in [0.2, 0.25) is 0 Å². The van der Waals surface area contributed by atoms with Crippen molar-refractivity contribution in [1.82, 2.24) is 14.7 Å².